The van der Waals surface area contributed by atoms with E-state index in [1.54, 1.807) is 31.2 Å². The van der Waals surface area contributed by atoms with Crippen molar-refractivity contribution >= 4 is 11.9 Å². The van der Waals surface area contributed by atoms with Crippen LogP contribution in [0.1, 0.15) is 24.2 Å². The standard InChI is InChI=1S/C12H13NO3/c1-8(12(15)16)9(2)13-11(14)10-6-4-3-5-7-10/h3-7H,1-2H3,(H,13,14)(H,15,16)/b9-8+. The van der Waals surface area contributed by atoms with Crippen LogP contribution < -0.4 is 5.32 Å². The number of carboxylic acid groups (broad SMARTS) is 1. The highest BCUT2D eigenvalue weighted by Crippen LogP contribution is 2.03. The smallest absolute Gasteiger partial charge is 0.333 e. The quantitative estimate of drug-likeness (QED) is 0.762. The van der Waals surface area contributed by atoms with Crippen molar-refractivity contribution in [2.45, 2.75) is 13.8 Å². The molecule has 0 unspecified atom stereocenters. The molecule has 16 heavy (non-hydrogen) atoms. The number of hydrogen-bond donors (Lipinski definition) is 2. The number of hydrogen-bond acceptors (Lipinski definition) is 2. The maximum Gasteiger partial charge on any atom is 0.333 e. The molecule has 0 radical (unpaired) electrons. The average Bonchev–Trinajstić information content (AvgIpc) is 2.28. The summed E-state index contributed by atoms with van der Waals surface area (Å²) >= 11 is 0. The Morgan fingerprint density at radius 2 is 1.69 bits per heavy atom. The van der Waals surface area contributed by atoms with E-state index in [0.717, 1.165) is 0 Å². The summed E-state index contributed by atoms with van der Waals surface area (Å²) in [6.07, 6.45) is 0. The first-order valence-electron chi connectivity index (χ1n) is 4.79. The van der Waals surface area contributed by atoms with E-state index in [4.69, 9.17) is 5.11 Å². The zero-order chi connectivity index (χ0) is 12.1. The summed E-state index contributed by atoms with van der Waals surface area (Å²) in [6.45, 7) is 3.01. The van der Waals surface area contributed by atoms with E-state index in [9.17, 15) is 9.59 Å². The minimum Gasteiger partial charge on any atom is -0.478 e. The molecule has 0 spiro atoms. The van der Waals surface area contributed by atoms with Crippen molar-refractivity contribution in [3.8, 4) is 0 Å². The highest BCUT2D eigenvalue weighted by Gasteiger charge is 2.09. The maximum absolute atomic E-state index is 11.6. The lowest BCUT2D eigenvalue weighted by atomic mass is 10.2. The summed E-state index contributed by atoms with van der Waals surface area (Å²) in [4.78, 5) is 22.3. The lowest BCUT2D eigenvalue weighted by Crippen LogP contribution is -2.23. The molecule has 1 rings (SSSR count). The van der Waals surface area contributed by atoms with Gasteiger partial charge in [-0.05, 0) is 26.0 Å². The number of carboxylic acids is 1. The molecule has 1 amide bonds. The van der Waals surface area contributed by atoms with E-state index in [-0.39, 0.29) is 11.5 Å². The molecule has 0 bridgehead atoms. The van der Waals surface area contributed by atoms with Gasteiger partial charge >= 0.3 is 5.97 Å². The van der Waals surface area contributed by atoms with Gasteiger partial charge < -0.3 is 10.4 Å². The summed E-state index contributed by atoms with van der Waals surface area (Å²) in [6, 6.07) is 8.63. The van der Waals surface area contributed by atoms with E-state index >= 15 is 0 Å². The lowest BCUT2D eigenvalue weighted by Gasteiger charge is -2.06. The minimum absolute atomic E-state index is 0.129. The Morgan fingerprint density at radius 1 is 1.12 bits per heavy atom. The van der Waals surface area contributed by atoms with Crippen LogP contribution in [0, 0.1) is 0 Å². The predicted octanol–water partition coefficient (Wildman–Crippen LogP) is 1.79. The van der Waals surface area contributed by atoms with Crippen LogP contribution in [0.15, 0.2) is 41.6 Å². The van der Waals surface area contributed by atoms with E-state index in [2.05, 4.69) is 5.32 Å². The summed E-state index contributed by atoms with van der Waals surface area (Å²) in [7, 11) is 0. The Bertz CT molecular complexity index is 435. The molecule has 0 heterocycles. The molecule has 0 aliphatic carbocycles. The van der Waals surface area contributed by atoms with Gasteiger partial charge in [0.1, 0.15) is 0 Å². The van der Waals surface area contributed by atoms with Gasteiger partial charge in [0.25, 0.3) is 5.91 Å². The highest BCUT2D eigenvalue weighted by molar-refractivity contribution is 5.96. The van der Waals surface area contributed by atoms with E-state index in [1.807, 2.05) is 6.07 Å². The first-order valence-corrected chi connectivity index (χ1v) is 4.79. The second-order valence-corrected chi connectivity index (χ2v) is 3.38. The number of benzene rings is 1. The van der Waals surface area contributed by atoms with Gasteiger partial charge in [0, 0.05) is 11.3 Å². The van der Waals surface area contributed by atoms with Crippen molar-refractivity contribution in [3.63, 3.8) is 0 Å². The van der Waals surface area contributed by atoms with Crippen molar-refractivity contribution in [1.29, 1.82) is 0 Å². The monoisotopic (exact) mass is 219 g/mol. The van der Waals surface area contributed by atoms with E-state index in [0.29, 0.717) is 11.3 Å². The topological polar surface area (TPSA) is 66.4 Å². The Labute approximate surface area is 93.6 Å². The molecule has 4 heteroatoms. The second kappa shape index (κ2) is 5.11. The van der Waals surface area contributed by atoms with Gasteiger partial charge in [-0.15, -0.1) is 0 Å². The molecule has 1 aromatic rings. The van der Waals surface area contributed by atoms with Crippen LogP contribution >= 0.6 is 0 Å². The molecule has 0 aliphatic heterocycles. The van der Waals surface area contributed by atoms with Crippen LogP contribution in [-0.2, 0) is 4.79 Å². The van der Waals surface area contributed by atoms with Crippen LogP contribution in [0.25, 0.3) is 0 Å². The largest absolute Gasteiger partial charge is 0.478 e. The first kappa shape index (κ1) is 12.0. The maximum atomic E-state index is 11.6. The number of nitrogens with one attached hydrogen (secondary N) is 1. The van der Waals surface area contributed by atoms with Crippen molar-refractivity contribution in [2.24, 2.45) is 0 Å². The Hall–Kier alpha value is -2.10. The highest BCUT2D eigenvalue weighted by atomic mass is 16.4. The molecule has 4 nitrogen and oxygen atoms in total. The number of aliphatic carboxylic acids is 1. The van der Waals surface area contributed by atoms with Crippen molar-refractivity contribution < 1.29 is 14.7 Å². The third kappa shape index (κ3) is 2.95. The SMILES string of the molecule is C/C(NC(=O)c1ccccc1)=C(/C)C(=O)O. The van der Waals surface area contributed by atoms with E-state index in [1.165, 1.54) is 6.92 Å². The van der Waals surface area contributed by atoms with Gasteiger partial charge in [-0.25, -0.2) is 4.79 Å². The Balaban J connectivity index is 2.81. The minimum atomic E-state index is -1.04. The number of carbonyl (C=O) groups is 2. The zero-order valence-electron chi connectivity index (χ0n) is 9.15. The molecule has 0 aliphatic rings. The van der Waals surface area contributed by atoms with Crippen LogP contribution in [-0.4, -0.2) is 17.0 Å². The number of amides is 1. The second-order valence-electron chi connectivity index (χ2n) is 3.38. The number of allylic oxidation sites excluding steroid dienone is 1. The fraction of sp³-hybridized carbons (Fsp3) is 0.167. The zero-order valence-corrected chi connectivity index (χ0v) is 9.15. The van der Waals surface area contributed by atoms with Crippen LogP contribution in [0.4, 0.5) is 0 Å². The molecule has 2 N–H and O–H groups in total. The molecule has 0 saturated heterocycles. The van der Waals surface area contributed by atoms with Crippen molar-refractivity contribution in [2.75, 3.05) is 0 Å². The fourth-order valence-electron chi connectivity index (χ4n) is 1.09. The molecule has 0 saturated carbocycles. The molecular formula is C12H13NO3. The van der Waals surface area contributed by atoms with Gasteiger partial charge in [-0.3, -0.25) is 4.79 Å². The van der Waals surface area contributed by atoms with Gasteiger partial charge in [0.2, 0.25) is 0 Å². The van der Waals surface area contributed by atoms with Crippen LogP contribution in [0.3, 0.4) is 0 Å². The fourth-order valence-corrected chi connectivity index (χ4v) is 1.09. The van der Waals surface area contributed by atoms with Crippen molar-refractivity contribution in [3.05, 3.63) is 47.2 Å². The van der Waals surface area contributed by atoms with Gasteiger partial charge in [-0.1, -0.05) is 18.2 Å². The normalized spacial score (nSPS) is 11.6. The first-order chi connectivity index (χ1) is 7.52. The Kier molecular flexibility index (Phi) is 3.83. The third-order valence-corrected chi connectivity index (χ3v) is 2.22. The summed E-state index contributed by atoms with van der Waals surface area (Å²) < 4.78 is 0. The lowest BCUT2D eigenvalue weighted by molar-refractivity contribution is -0.132. The van der Waals surface area contributed by atoms with Gasteiger partial charge in [0.15, 0.2) is 0 Å². The Morgan fingerprint density at radius 3 is 2.19 bits per heavy atom. The third-order valence-electron chi connectivity index (χ3n) is 2.22. The molecule has 84 valence electrons. The molecule has 0 atom stereocenters. The summed E-state index contributed by atoms with van der Waals surface area (Å²) in [5.41, 5.74) is 0.977. The molecular weight excluding hydrogens is 206 g/mol. The number of rotatable bonds is 3. The van der Waals surface area contributed by atoms with Crippen molar-refractivity contribution in [1.82, 2.24) is 5.32 Å². The van der Waals surface area contributed by atoms with E-state index < -0.39 is 5.97 Å². The predicted molar refractivity (Wildman–Crippen MR) is 59.9 cm³/mol. The van der Waals surface area contributed by atoms with Gasteiger partial charge in [-0.2, -0.15) is 0 Å². The summed E-state index contributed by atoms with van der Waals surface area (Å²) in [5, 5.41) is 11.3. The van der Waals surface area contributed by atoms with Crippen LogP contribution in [0.5, 0.6) is 0 Å². The van der Waals surface area contributed by atoms with Crippen LogP contribution in [0.2, 0.25) is 0 Å². The van der Waals surface area contributed by atoms with Gasteiger partial charge in [0.05, 0.1) is 5.57 Å². The molecule has 0 aromatic heterocycles. The molecule has 1 aromatic carbocycles. The molecule has 0 fully saturated rings. The summed E-state index contributed by atoms with van der Waals surface area (Å²) in [5.74, 6) is -1.34. The average molecular weight is 219 g/mol. The number of carbonyl (C=O) groups excluding carboxylic acids is 1.